The van der Waals surface area contributed by atoms with Gasteiger partial charge in [-0.15, -0.1) is 6.58 Å². The van der Waals surface area contributed by atoms with Gasteiger partial charge in [0.15, 0.2) is 0 Å². The van der Waals surface area contributed by atoms with Crippen molar-refractivity contribution in [1.29, 1.82) is 0 Å². The van der Waals surface area contributed by atoms with Gasteiger partial charge in [-0.1, -0.05) is 57.2 Å². The lowest BCUT2D eigenvalue weighted by Crippen LogP contribution is -2.00. The first-order valence-electron chi connectivity index (χ1n) is 6.91. The molecule has 0 bridgehead atoms. The molecule has 2 nitrogen and oxygen atoms in total. The zero-order valence-corrected chi connectivity index (χ0v) is 12.8. The van der Waals surface area contributed by atoms with Crippen molar-refractivity contribution in [2.45, 2.75) is 27.2 Å². The van der Waals surface area contributed by atoms with Crippen LogP contribution in [0.2, 0.25) is 0 Å². The Balaban J connectivity index is 0.000000521. The van der Waals surface area contributed by atoms with Crippen molar-refractivity contribution in [3.63, 3.8) is 0 Å². The smallest absolute Gasteiger partial charge is 0.337 e. The molecule has 0 heterocycles. The number of rotatable bonds is 2. The van der Waals surface area contributed by atoms with Crippen LogP contribution in [0.15, 0.2) is 55.1 Å². The first-order chi connectivity index (χ1) is 9.72. The van der Waals surface area contributed by atoms with Crippen molar-refractivity contribution in [2.75, 3.05) is 7.11 Å². The molecule has 0 saturated heterocycles. The number of methoxy groups -OCH3 is 1. The highest BCUT2D eigenvalue weighted by atomic mass is 16.5. The second-order valence-corrected chi connectivity index (χ2v) is 3.75. The molecule has 2 aromatic rings. The average molecular weight is 272 g/mol. The second-order valence-electron chi connectivity index (χ2n) is 3.75. The minimum atomic E-state index is -0.296. The van der Waals surface area contributed by atoms with Crippen LogP contribution >= 0.6 is 0 Å². The monoisotopic (exact) mass is 272 g/mol. The summed E-state index contributed by atoms with van der Waals surface area (Å²) >= 11 is 0. The van der Waals surface area contributed by atoms with Gasteiger partial charge >= 0.3 is 5.97 Å². The number of hydrogen-bond acceptors (Lipinski definition) is 2. The third kappa shape index (κ3) is 5.70. The molecule has 0 aliphatic carbocycles. The van der Waals surface area contributed by atoms with Gasteiger partial charge in [-0.3, -0.25) is 0 Å². The van der Waals surface area contributed by atoms with E-state index in [0.717, 1.165) is 17.2 Å². The van der Waals surface area contributed by atoms with Crippen LogP contribution in [0.3, 0.4) is 0 Å². The third-order valence-electron chi connectivity index (χ3n) is 2.46. The molecule has 0 aliphatic heterocycles. The quantitative estimate of drug-likeness (QED) is 0.552. The van der Waals surface area contributed by atoms with Gasteiger partial charge in [-0.2, -0.15) is 0 Å². The fraction of sp³-hybridized carbons (Fsp3) is 0.278. The summed E-state index contributed by atoms with van der Waals surface area (Å²) in [6.07, 6.45) is 2.96. The number of esters is 1. The fourth-order valence-corrected chi connectivity index (χ4v) is 1.43. The van der Waals surface area contributed by atoms with Crippen LogP contribution in [0.4, 0.5) is 0 Å². The van der Waals surface area contributed by atoms with Crippen LogP contribution in [-0.2, 0) is 4.74 Å². The zero-order chi connectivity index (χ0) is 15.4. The predicted molar refractivity (Wildman–Crippen MR) is 87.1 cm³/mol. The topological polar surface area (TPSA) is 26.3 Å². The maximum atomic E-state index is 11.2. The lowest BCUT2D eigenvalue weighted by atomic mass is 10.1. The van der Waals surface area contributed by atoms with Crippen LogP contribution in [0, 0.1) is 0 Å². The molecule has 0 radical (unpaired) electrons. The predicted octanol–water partition coefficient (Wildman–Crippen LogP) is 5.24. The molecule has 2 aromatic carbocycles. The molecule has 0 saturated carbocycles. The molecule has 0 aromatic heterocycles. The summed E-state index contributed by atoms with van der Waals surface area (Å²) in [4.78, 5) is 11.2. The van der Waals surface area contributed by atoms with Crippen LogP contribution in [0.1, 0.15) is 37.6 Å². The summed E-state index contributed by atoms with van der Waals surface area (Å²) in [6.45, 7) is 9.54. The number of allylic oxidation sites excluding steroid dienone is 1. The van der Waals surface area contributed by atoms with Crippen molar-refractivity contribution < 1.29 is 9.53 Å². The molecule has 0 amide bonds. The maximum absolute atomic E-state index is 11.2. The van der Waals surface area contributed by atoms with E-state index in [1.807, 2.05) is 56.3 Å². The van der Waals surface area contributed by atoms with Gasteiger partial charge in [0, 0.05) is 0 Å². The number of ether oxygens (including phenoxy) is 1. The van der Waals surface area contributed by atoms with E-state index in [-0.39, 0.29) is 5.97 Å². The van der Waals surface area contributed by atoms with E-state index in [4.69, 9.17) is 0 Å². The summed E-state index contributed by atoms with van der Waals surface area (Å²) in [7, 11) is 1.39. The Morgan fingerprint density at radius 2 is 1.70 bits per heavy atom. The molecule has 2 rings (SSSR count). The molecular weight excluding hydrogens is 248 g/mol. The molecule has 0 spiro atoms. The van der Waals surface area contributed by atoms with Crippen LogP contribution in [0.5, 0.6) is 0 Å². The molecule has 0 fully saturated rings. The van der Waals surface area contributed by atoms with Crippen LogP contribution in [-0.4, -0.2) is 13.1 Å². The second kappa shape index (κ2) is 10.8. The van der Waals surface area contributed by atoms with E-state index in [2.05, 4.69) is 18.2 Å². The molecule has 0 atom stereocenters. The van der Waals surface area contributed by atoms with Gasteiger partial charge < -0.3 is 4.74 Å². The van der Waals surface area contributed by atoms with Crippen molar-refractivity contribution in [3.8, 4) is 0 Å². The SMILES string of the molecule is C=CCC.CC.COC(=O)c1ccc2ccccc2c1. The van der Waals surface area contributed by atoms with Crippen LogP contribution < -0.4 is 0 Å². The van der Waals surface area contributed by atoms with Gasteiger partial charge in [0.05, 0.1) is 12.7 Å². The van der Waals surface area contributed by atoms with Gasteiger partial charge in [0.2, 0.25) is 0 Å². The van der Waals surface area contributed by atoms with Crippen molar-refractivity contribution in [3.05, 3.63) is 60.7 Å². The van der Waals surface area contributed by atoms with Crippen LogP contribution in [0.25, 0.3) is 10.8 Å². The number of carbonyl (C=O) groups is 1. The maximum Gasteiger partial charge on any atom is 0.337 e. The summed E-state index contributed by atoms with van der Waals surface area (Å²) < 4.78 is 4.65. The van der Waals surface area contributed by atoms with Gasteiger partial charge in [0.1, 0.15) is 0 Å². The molecule has 108 valence electrons. The number of carbonyl (C=O) groups excluding carboxylic acids is 1. The summed E-state index contributed by atoms with van der Waals surface area (Å²) in [5.74, 6) is -0.296. The standard InChI is InChI=1S/C12H10O2.C4H8.C2H6/c1-14-12(13)11-7-6-9-4-2-3-5-10(9)8-11;1-3-4-2;1-2/h2-8H,1H3;3H,1,4H2,2H3;1-2H3. The Labute approximate surface area is 122 Å². The summed E-state index contributed by atoms with van der Waals surface area (Å²) in [5.41, 5.74) is 0.589. The molecule has 20 heavy (non-hydrogen) atoms. The van der Waals surface area contributed by atoms with Crippen molar-refractivity contribution in [1.82, 2.24) is 0 Å². The van der Waals surface area contributed by atoms with E-state index in [9.17, 15) is 4.79 Å². The highest BCUT2D eigenvalue weighted by Crippen LogP contribution is 2.15. The van der Waals surface area contributed by atoms with Gasteiger partial charge in [-0.05, 0) is 29.3 Å². The van der Waals surface area contributed by atoms with Gasteiger partial charge in [-0.25, -0.2) is 4.79 Å². The Kier molecular flexibility index (Phi) is 9.67. The fourth-order valence-electron chi connectivity index (χ4n) is 1.43. The largest absolute Gasteiger partial charge is 0.465 e. The van der Waals surface area contributed by atoms with E-state index in [1.165, 1.54) is 7.11 Å². The number of benzene rings is 2. The Morgan fingerprint density at radius 1 is 1.15 bits per heavy atom. The number of hydrogen-bond donors (Lipinski definition) is 0. The Hall–Kier alpha value is -2.09. The normalized spacial score (nSPS) is 8.60. The highest BCUT2D eigenvalue weighted by Gasteiger charge is 2.04. The third-order valence-corrected chi connectivity index (χ3v) is 2.46. The molecule has 2 heteroatoms. The lowest BCUT2D eigenvalue weighted by Gasteiger charge is -2.01. The Morgan fingerprint density at radius 3 is 2.20 bits per heavy atom. The zero-order valence-electron chi connectivity index (χ0n) is 12.8. The van der Waals surface area contributed by atoms with Crippen molar-refractivity contribution in [2.24, 2.45) is 0 Å². The summed E-state index contributed by atoms with van der Waals surface area (Å²) in [6, 6.07) is 13.4. The molecule has 0 N–H and O–H groups in total. The van der Waals surface area contributed by atoms with Gasteiger partial charge in [0.25, 0.3) is 0 Å². The first-order valence-corrected chi connectivity index (χ1v) is 6.91. The minimum Gasteiger partial charge on any atom is -0.465 e. The number of fused-ring (bicyclic) bond motifs is 1. The van der Waals surface area contributed by atoms with Crippen molar-refractivity contribution >= 4 is 16.7 Å². The minimum absolute atomic E-state index is 0.296. The average Bonchev–Trinajstić information content (AvgIpc) is 2.55. The molecule has 0 unspecified atom stereocenters. The summed E-state index contributed by atoms with van der Waals surface area (Å²) in [5, 5.41) is 2.18. The van der Waals surface area contributed by atoms with E-state index < -0.39 is 0 Å². The Bertz CT molecular complexity index is 530. The lowest BCUT2D eigenvalue weighted by molar-refractivity contribution is 0.0601. The highest BCUT2D eigenvalue weighted by molar-refractivity contribution is 5.95. The van der Waals surface area contributed by atoms with E-state index in [0.29, 0.717) is 5.56 Å². The molecule has 0 aliphatic rings. The van der Waals surface area contributed by atoms with E-state index >= 15 is 0 Å². The first kappa shape index (κ1) is 17.9. The van der Waals surface area contributed by atoms with E-state index in [1.54, 1.807) is 6.07 Å². The molecular formula is C18H24O2.